The number of carbonyl (C=O) groups is 1. The largest absolute Gasteiger partial charge is 0.325 e. The molecule has 0 aliphatic carbocycles. The van der Waals surface area contributed by atoms with Gasteiger partial charge < -0.3 is 9.88 Å². The first kappa shape index (κ1) is 17.8. The van der Waals surface area contributed by atoms with Crippen molar-refractivity contribution < 1.29 is 4.79 Å². The molecule has 4 nitrogen and oxygen atoms in total. The third kappa shape index (κ3) is 4.17. The van der Waals surface area contributed by atoms with Crippen LogP contribution in [0.1, 0.15) is 20.3 Å². The highest BCUT2D eigenvalue weighted by molar-refractivity contribution is 8.00. The van der Waals surface area contributed by atoms with Gasteiger partial charge in [-0.05, 0) is 43.7 Å². The number of carbonyl (C=O) groups excluding carboxylic acids is 1. The number of anilines is 1. The zero-order valence-corrected chi connectivity index (χ0v) is 15.8. The molecule has 0 unspecified atom stereocenters. The second-order valence-electron chi connectivity index (χ2n) is 5.79. The standard InChI is InChI=1S/C19H20ClN3OS/c1-3-11-23-17-10-9-14(20)12-16(17)22-19(23)25-13(2)18(24)21-15-7-5-4-6-8-15/h4-10,12-13H,3,11H2,1-2H3,(H,21,24)/t13-/m1/s1. The first-order valence-corrected chi connectivity index (χ1v) is 9.52. The van der Waals surface area contributed by atoms with Gasteiger partial charge in [0.15, 0.2) is 5.16 Å². The van der Waals surface area contributed by atoms with Gasteiger partial charge in [0.25, 0.3) is 0 Å². The second kappa shape index (κ2) is 7.93. The summed E-state index contributed by atoms with van der Waals surface area (Å²) in [6.07, 6.45) is 0.992. The number of hydrogen-bond acceptors (Lipinski definition) is 3. The number of benzene rings is 2. The Kier molecular flexibility index (Phi) is 5.66. The minimum atomic E-state index is -0.261. The van der Waals surface area contributed by atoms with Crippen LogP contribution < -0.4 is 5.32 Å². The van der Waals surface area contributed by atoms with E-state index in [2.05, 4.69) is 21.8 Å². The van der Waals surface area contributed by atoms with E-state index in [0.29, 0.717) is 5.02 Å². The van der Waals surface area contributed by atoms with Crippen LogP contribution in [0.2, 0.25) is 5.02 Å². The number of rotatable bonds is 6. The van der Waals surface area contributed by atoms with Crippen LogP contribution in [0.3, 0.4) is 0 Å². The van der Waals surface area contributed by atoms with Crippen LogP contribution >= 0.6 is 23.4 Å². The second-order valence-corrected chi connectivity index (χ2v) is 7.54. The number of para-hydroxylation sites is 1. The average Bonchev–Trinajstić information content (AvgIpc) is 2.92. The molecule has 0 fully saturated rings. The number of imidazole rings is 1. The van der Waals surface area contributed by atoms with Gasteiger partial charge in [-0.1, -0.05) is 48.5 Å². The van der Waals surface area contributed by atoms with Crippen molar-refractivity contribution in [1.82, 2.24) is 9.55 Å². The highest BCUT2D eigenvalue weighted by atomic mass is 35.5. The van der Waals surface area contributed by atoms with Crippen molar-refractivity contribution in [2.45, 2.75) is 37.2 Å². The molecule has 1 amide bonds. The zero-order chi connectivity index (χ0) is 17.8. The van der Waals surface area contributed by atoms with E-state index >= 15 is 0 Å². The Hall–Kier alpha value is -1.98. The van der Waals surface area contributed by atoms with Crippen LogP contribution in [-0.2, 0) is 11.3 Å². The van der Waals surface area contributed by atoms with Gasteiger partial charge in [-0.15, -0.1) is 0 Å². The van der Waals surface area contributed by atoms with E-state index in [0.717, 1.165) is 34.8 Å². The summed E-state index contributed by atoms with van der Waals surface area (Å²) < 4.78 is 2.16. The third-order valence-electron chi connectivity index (χ3n) is 3.82. The molecule has 25 heavy (non-hydrogen) atoms. The minimum absolute atomic E-state index is 0.0377. The lowest BCUT2D eigenvalue weighted by atomic mass is 10.3. The number of thioether (sulfide) groups is 1. The molecule has 3 aromatic rings. The van der Waals surface area contributed by atoms with Crippen molar-refractivity contribution in [1.29, 1.82) is 0 Å². The Balaban J connectivity index is 1.81. The predicted molar refractivity (Wildman–Crippen MR) is 105 cm³/mol. The first-order chi connectivity index (χ1) is 12.1. The molecule has 0 saturated carbocycles. The molecule has 2 aromatic carbocycles. The normalized spacial score (nSPS) is 12.3. The van der Waals surface area contributed by atoms with Crippen LogP contribution in [0, 0.1) is 0 Å². The number of halogens is 1. The summed E-state index contributed by atoms with van der Waals surface area (Å²) in [6, 6.07) is 15.2. The molecular weight excluding hydrogens is 354 g/mol. The first-order valence-electron chi connectivity index (χ1n) is 8.27. The van der Waals surface area contributed by atoms with Crippen molar-refractivity contribution in [2.24, 2.45) is 0 Å². The molecule has 0 saturated heterocycles. The number of aryl methyl sites for hydroxylation is 1. The fraction of sp³-hybridized carbons (Fsp3) is 0.263. The van der Waals surface area contributed by atoms with Crippen molar-refractivity contribution >= 4 is 46.0 Å². The Bertz CT molecular complexity index is 879. The summed E-state index contributed by atoms with van der Waals surface area (Å²) in [5, 5.41) is 4.19. The lowest BCUT2D eigenvalue weighted by Gasteiger charge is -2.13. The van der Waals surface area contributed by atoms with E-state index in [4.69, 9.17) is 11.6 Å². The van der Waals surface area contributed by atoms with E-state index < -0.39 is 0 Å². The number of nitrogens with one attached hydrogen (secondary N) is 1. The molecule has 6 heteroatoms. The van der Waals surface area contributed by atoms with Gasteiger partial charge in [0.1, 0.15) is 0 Å². The van der Waals surface area contributed by atoms with E-state index in [9.17, 15) is 4.79 Å². The Labute approximate surface area is 156 Å². The van der Waals surface area contributed by atoms with Crippen LogP contribution in [0.4, 0.5) is 5.69 Å². The van der Waals surface area contributed by atoms with Gasteiger partial charge in [0.05, 0.1) is 16.3 Å². The van der Waals surface area contributed by atoms with E-state index in [1.165, 1.54) is 11.8 Å². The zero-order valence-electron chi connectivity index (χ0n) is 14.2. The van der Waals surface area contributed by atoms with Crippen molar-refractivity contribution in [3.8, 4) is 0 Å². The van der Waals surface area contributed by atoms with Crippen molar-refractivity contribution in [3.63, 3.8) is 0 Å². The highest BCUT2D eigenvalue weighted by Crippen LogP contribution is 2.29. The molecule has 0 bridgehead atoms. The van der Waals surface area contributed by atoms with Crippen LogP contribution in [0.25, 0.3) is 11.0 Å². The molecule has 3 rings (SSSR count). The summed E-state index contributed by atoms with van der Waals surface area (Å²) in [5.41, 5.74) is 2.71. The van der Waals surface area contributed by atoms with Crippen molar-refractivity contribution in [3.05, 3.63) is 53.6 Å². The van der Waals surface area contributed by atoms with Gasteiger partial charge in [0.2, 0.25) is 5.91 Å². The van der Waals surface area contributed by atoms with E-state index in [1.807, 2.05) is 55.5 Å². The van der Waals surface area contributed by atoms with Gasteiger partial charge in [0, 0.05) is 17.3 Å². The molecule has 130 valence electrons. The smallest absolute Gasteiger partial charge is 0.237 e. The molecular formula is C19H20ClN3OS. The van der Waals surface area contributed by atoms with Gasteiger partial charge in [-0.2, -0.15) is 0 Å². The molecule has 1 heterocycles. The highest BCUT2D eigenvalue weighted by Gasteiger charge is 2.19. The minimum Gasteiger partial charge on any atom is -0.325 e. The lowest BCUT2D eigenvalue weighted by Crippen LogP contribution is -2.22. The van der Waals surface area contributed by atoms with Gasteiger partial charge >= 0.3 is 0 Å². The number of aromatic nitrogens is 2. The van der Waals surface area contributed by atoms with E-state index in [1.54, 1.807) is 0 Å². The molecule has 1 N–H and O–H groups in total. The van der Waals surface area contributed by atoms with Crippen LogP contribution in [0.5, 0.6) is 0 Å². The lowest BCUT2D eigenvalue weighted by molar-refractivity contribution is -0.115. The summed E-state index contributed by atoms with van der Waals surface area (Å²) in [7, 11) is 0. The number of fused-ring (bicyclic) bond motifs is 1. The maximum absolute atomic E-state index is 12.5. The predicted octanol–water partition coefficient (Wildman–Crippen LogP) is 5.22. The van der Waals surface area contributed by atoms with Crippen LogP contribution in [0.15, 0.2) is 53.7 Å². The molecule has 1 atom stereocenters. The SMILES string of the molecule is CCCn1c(S[C@H](C)C(=O)Nc2ccccc2)nc2cc(Cl)ccc21. The Morgan fingerprint density at radius 3 is 2.76 bits per heavy atom. The van der Waals surface area contributed by atoms with Crippen LogP contribution in [-0.4, -0.2) is 20.7 Å². The molecule has 0 radical (unpaired) electrons. The molecule has 0 aliphatic rings. The number of hydrogen-bond donors (Lipinski definition) is 1. The van der Waals surface area contributed by atoms with E-state index in [-0.39, 0.29) is 11.2 Å². The topological polar surface area (TPSA) is 46.9 Å². The maximum Gasteiger partial charge on any atom is 0.237 e. The summed E-state index contributed by atoms with van der Waals surface area (Å²) >= 11 is 7.55. The molecule has 0 aliphatic heterocycles. The number of nitrogens with zero attached hydrogens (tertiary/aromatic N) is 2. The van der Waals surface area contributed by atoms with Gasteiger partial charge in [-0.3, -0.25) is 4.79 Å². The summed E-state index contributed by atoms with van der Waals surface area (Å²) in [6.45, 7) is 4.88. The summed E-state index contributed by atoms with van der Waals surface area (Å²) in [5.74, 6) is -0.0377. The Morgan fingerprint density at radius 1 is 1.28 bits per heavy atom. The monoisotopic (exact) mass is 373 g/mol. The maximum atomic E-state index is 12.5. The Morgan fingerprint density at radius 2 is 2.04 bits per heavy atom. The fourth-order valence-electron chi connectivity index (χ4n) is 2.59. The average molecular weight is 374 g/mol. The van der Waals surface area contributed by atoms with Gasteiger partial charge in [-0.25, -0.2) is 4.98 Å². The fourth-order valence-corrected chi connectivity index (χ4v) is 3.70. The third-order valence-corrected chi connectivity index (χ3v) is 5.14. The quantitative estimate of drug-likeness (QED) is 0.602. The summed E-state index contributed by atoms with van der Waals surface area (Å²) in [4.78, 5) is 17.1. The molecule has 1 aromatic heterocycles. The number of amides is 1. The molecule has 0 spiro atoms. The van der Waals surface area contributed by atoms with Crippen molar-refractivity contribution in [2.75, 3.05) is 5.32 Å².